The summed E-state index contributed by atoms with van der Waals surface area (Å²) < 4.78 is 4.90. The molecular weight excluding hydrogens is 366 g/mol. The number of ether oxygens (including phenoxy) is 1. The van der Waals surface area contributed by atoms with Gasteiger partial charge in [-0.1, -0.05) is 18.2 Å². The Bertz CT molecular complexity index is 898. The number of hydrogen-bond acceptors (Lipinski definition) is 6. The van der Waals surface area contributed by atoms with E-state index in [-0.39, 0.29) is 5.69 Å². The Morgan fingerprint density at radius 2 is 1.82 bits per heavy atom. The van der Waals surface area contributed by atoms with E-state index in [1.54, 1.807) is 37.3 Å². The van der Waals surface area contributed by atoms with E-state index in [9.17, 15) is 24.5 Å². The third-order valence-electron chi connectivity index (χ3n) is 3.78. The van der Waals surface area contributed by atoms with Gasteiger partial charge in [0.15, 0.2) is 6.61 Å². The van der Waals surface area contributed by atoms with Crippen molar-refractivity contribution in [1.82, 2.24) is 5.32 Å². The Hall–Kier alpha value is -3.75. The normalized spacial score (nSPS) is 11.2. The van der Waals surface area contributed by atoms with Crippen LogP contribution in [0.25, 0.3) is 0 Å². The quantitative estimate of drug-likeness (QED) is 0.427. The van der Waals surface area contributed by atoms with Crippen molar-refractivity contribution in [2.45, 2.75) is 19.9 Å². The van der Waals surface area contributed by atoms with Crippen molar-refractivity contribution in [3.05, 3.63) is 69.8 Å². The van der Waals surface area contributed by atoms with Crippen LogP contribution in [0.4, 0.5) is 11.4 Å². The second-order valence-electron chi connectivity index (χ2n) is 5.97. The molecule has 2 aromatic carbocycles. The molecule has 0 aliphatic heterocycles. The minimum absolute atomic E-state index is 0.0927. The summed E-state index contributed by atoms with van der Waals surface area (Å²) in [6.45, 7) is 2.50. The Kier molecular flexibility index (Phi) is 6.80. The topological polar surface area (TPSA) is 128 Å². The van der Waals surface area contributed by atoms with Crippen molar-refractivity contribution in [3.63, 3.8) is 0 Å². The molecule has 9 nitrogen and oxygen atoms in total. The van der Waals surface area contributed by atoms with Gasteiger partial charge in [-0.15, -0.1) is 0 Å². The number of nitrogens with zero attached hydrogens (tertiary/aromatic N) is 1. The molecule has 0 bridgehead atoms. The lowest BCUT2D eigenvalue weighted by Crippen LogP contribution is -2.40. The summed E-state index contributed by atoms with van der Waals surface area (Å²) in [5.41, 5.74) is 1.17. The molecule has 0 aliphatic carbocycles. The molecule has 2 amide bonds. The number of rotatable bonds is 7. The summed E-state index contributed by atoms with van der Waals surface area (Å²) in [4.78, 5) is 46.1. The smallest absolute Gasteiger partial charge is 0.328 e. The number of benzene rings is 2. The highest BCUT2D eigenvalue weighted by Crippen LogP contribution is 2.21. The van der Waals surface area contributed by atoms with Crippen molar-refractivity contribution in [3.8, 4) is 0 Å². The first-order valence-corrected chi connectivity index (χ1v) is 8.35. The fraction of sp³-hybridized carbons (Fsp3) is 0.211. The van der Waals surface area contributed by atoms with Crippen molar-refractivity contribution < 1.29 is 24.0 Å². The number of non-ortho nitro benzene ring substituents is 1. The number of esters is 1. The van der Waals surface area contributed by atoms with Gasteiger partial charge in [0, 0.05) is 23.4 Å². The van der Waals surface area contributed by atoms with Gasteiger partial charge >= 0.3 is 5.97 Å². The Balaban J connectivity index is 1.84. The van der Waals surface area contributed by atoms with Gasteiger partial charge in [0.2, 0.25) is 0 Å². The zero-order valence-corrected chi connectivity index (χ0v) is 15.3. The van der Waals surface area contributed by atoms with Crippen LogP contribution < -0.4 is 10.6 Å². The fourth-order valence-electron chi connectivity index (χ4n) is 2.28. The molecule has 0 heterocycles. The number of carbonyl (C=O) groups is 3. The molecular formula is C19H19N3O6. The van der Waals surface area contributed by atoms with Crippen molar-refractivity contribution in [2.75, 3.05) is 11.9 Å². The highest BCUT2D eigenvalue weighted by Gasteiger charge is 2.19. The number of nitro groups is 1. The van der Waals surface area contributed by atoms with Gasteiger partial charge in [-0.2, -0.15) is 0 Å². The summed E-state index contributed by atoms with van der Waals surface area (Å²) in [6, 6.07) is 11.4. The highest BCUT2D eigenvalue weighted by atomic mass is 16.6. The number of anilines is 1. The van der Waals surface area contributed by atoms with Crippen LogP contribution in [0.15, 0.2) is 48.5 Å². The standard InChI is InChI=1S/C19H19N3O6/c1-12-10-15(22(26)27)8-9-16(12)21-17(23)11-28-19(25)13(2)20-18(24)14-6-4-3-5-7-14/h3-10,13H,11H2,1-2H3,(H,20,24)(H,21,23)/t13-/m0/s1. The van der Waals surface area contributed by atoms with Gasteiger partial charge < -0.3 is 15.4 Å². The predicted octanol–water partition coefficient (Wildman–Crippen LogP) is 2.20. The van der Waals surface area contributed by atoms with Crippen molar-refractivity contribution >= 4 is 29.2 Å². The first-order chi connectivity index (χ1) is 13.3. The maximum atomic E-state index is 12.0. The first-order valence-electron chi connectivity index (χ1n) is 8.35. The Labute approximate surface area is 160 Å². The van der Waals surface area contributed by atoms with Gasteiger partial charge in [-0.05, 0) is 37.6 Å². The molecule has 146 valence electrons. The SMILES string of the molecule is Cc1cc([N+](=O)[O-])ccc1NC(=O)COC(=O)[C@H](C)NC(=O)c1ccccc1. The van der Waals surface area contributed by atoms with Crippen LogP contribution in [0.5, 0.6) is 0 Å². The van der Waals surface area contributed by atoms with Gasteiger partial charge in [-0.3, -0.25) is 19.7 Å². The molecule has 0 spiro atoms. The largest absolute Gasteiger partial charge is 0.454 e. The average molecular weight is 385 g/mol. The molecule has 0 fully saturated rings. The van der Waals surface area contributed by atoms with E-state index in [1.807, 2.05) is 0 Å². The van der Waals surface area contributed by atoms with Crippen LogP contribution in [0.3, 0.4) is 0 Å². The molecule has 1 atom stereocenters. The lowest BCUT2D eigenvalue weighted by Gasteiger charge is -2.14. The van der Waals surface area contributed by atoms with Gasteiger partial charge in [0.05, 0.1) is 4.92 Å². The average Bonchev–Trinajstić information content (AvgIpc) is 2.68. The van der Waals surface area contributed by atoms with E-state index < -0.39 is 35.4 Å². The summed E-state index contributed by atoms with van der Waals surface area (Å²) in [5.74, 6) is -1.80. The number of nitrogens with one attached hydrogen (secondary N) is 2. The lowest BCUT2D eigenvalue weighted by atomic mass is 10.2. The zero-order chi connectivity index (χ0) is 20.7. The van der Waals surface area contributed by atoms with Crippen molar-refractivity contribution in [1.29, 1.82) is 0 Å². The minimum Gasteiger partial charge on any atom is -0.454 e. The fourth-order valence-corrected chi connectivity index (χ4v) is 2.28. The molecule has 9 heteroatoms. The predicted molar refractivity (Wildman–Crippen MR) is 101 cm³/mol. The van der Waals surface area contributed by atoms with Crippen molar-refractivity contribution in [2.24, 2.45) is 0 Å². The van der Waals surface area contributed by atoms with E-state index in [1.165, 1.54) is 25.1 Å². The minimum atomic E-state index is -0.943. The molecule has 2 N–H and O–H groups in total. The summed E-state index contributed by atoms with van der Waals surface area (Å²) in [6.07, 6.45) is 0. The maximum Gasteiger partial charge on any atom is 0.328 e. The maximum absolute atomic E-state index is 12.0. The molecule has 0 radical (unpaired) electrons. The van der Waals surface area contributed by atoms with Crippen LogP contribution in [0.2, 0.25) is 0 Å². The third kappa shape index (κ3) is 5.63. The monoisotopic (exact) mass is 385 g/mol. The summed E-state index contributed by atoms with van der Waals surface area (Å²) >= 11 is 0. The lowest BCUT2D eigenvalue weighted by molar-refractivity contribution is -0.384. The van der Waals surface area contributed by atoms with E-state index in [2.05, 4.69) is 10.6 Å². The van der Waals surface area contributed by atoms with Crippen LogP contribution in [0.1, 0.15) is 22.8 Å². The van der Waals surface area contributed by atoms with E-state index >= 15 is 0 Å². The second-order valence-corrected chi connectivity index (χ2v) is 5.97. The van der Waals surface area contributed by atoms with E-state index in [0.29, 0.717) is 16.8 Å². The molecule has 2 rings (SSSR count). The van der Waals surface area contributed by atoms with E-state index in [0.717, 1.165) is 0 Å². The highest BCUT2D eigenvalue weighted by molar-refractivity contribution is 5.97. The van der Waals surface area contributed by atoms with Gasteiger partial charge in [0.1, 0.15) is 6.04 Å². The second kappa shape index (κ2) is 9.26. The third-order valence-corrected chi connectivity index (χ3v) is 3.78. The number of aryl methyl sites for hydroxylation is 1. The van der Waals surface area contributed by atoms with Gasteiger partial charge in [-0.25, -0.2) is 4.79 Å². The van der Waals surface area contributed by atoms with Crippen LogP contribution >= 0.6 is 0 Å². The molecule has 0 aliphatic rings. The van der Waals surface area contributed by atoms with Gasteiger partial charge in [0.25, 0.3) is 17.5 Å². The summed E-state index contributed by atoms with van der Waals surface area (Å²) in [5, 5.41) is 15.7. The number of carbonyl (C=O) groups excluding carboxylic acids is 3. The number of hydrogen-bond donors (Lipinski definition) is 2. The number of nitro benzene ring substituents is 1. The number of amides is 2. The van der Waals surface area contributed by atoms with E-state index in [4.69, 9.17) is 4.74 Å². The molecule has 0 aromatic heterocycles. The first kappa shape index (κ1) is 20.6. The summed E-state index contributed by atoms with van der Waals surface area (Å²) in [7, 11) is 0. The molecule has 28 heavy (non-hydrogen) atoms. The van der Waals surface area contributed by atoms with Crippen LogP contribution in [-0.2, 0) is 14.3 Å². The zero-order valence-electron chi connectivity index (χ0n) is 15.3. The Morgan fingerprint density at radius 1 is 1.14 bits per heavy atom. The molecule has 2 aromatic rings. The molecule has 0 unspecified atom stereocenters. The van der Waals surface area contributed by atoms with Crippen LogP contribution in [-0.4, -0.2) is 35.4 Å². The Morgan fingerprint density at radius 3 is 2.43 bits per heavy atom. The molecule has 0 saturated heterocycles. The van der Waals surface area contributed by atoms with Crippen LogP contribution in [0, 0.1) is 17.0 Å². The molecule has 0 saturated carbocycles.